The Morgan fingerprint density at radius 3 is 1.60 bits per heavy atom. The lowest BCUT2D eigenvalue weighted by Gasteiger charge is -2.31. The van der Waals surface area contributed by atoms with Gasteiger partial charge in [-0.3, -0.25) is 9.59 Å². The van der Waals surface area contributed by atoms with Gasteiger partial charge in [0.2, 0.25) is 0 Å². The Morgan fingerprint density at radius 2 is 1.08 bits per heavy atom. The molecule has 0 rings (SSSR count). The fourth-order valence-electron chi connectivity index (χ4n) is 5.79. The van der Waals surface area contributed by atoms with Gasteiger partial charge < -0.3 is 23.8 Å². The van der Waals surface area contributed by atoms with Crippen LogP contribution in [0.5, 0.6) is 0 Å². The number of rotatable bonds is 36. The minimum atomic E-state index is -0.883. The molecule has 0 fully saturated rings. The lowest BCUT2D eigenvalue weighted by molar-refractivity contribution is -0.887. The van der Waals surface area contributed by atoms with Crippen molar-refractivity contribution < 1.29 is 38.2 Å². The predicted octanol–water partition coefficient (Wildman–Crippen LogP) is 10.9. The lowest BCUT2D eigenvalue weighted by atomic mass is 10.0. The topological polar surface area (TPSA) is 99.1 Å². The van der Waals surface area contributed by atoms with Gasteiger partial charge in [0.05, 0.1) is 34.4 Å². The second-order valence-corrected chi connectivity index (χ2v) is 14.9. The second kappa shape index (κ2) is 35.3. The highest BCUT2D eigenvalue weighted by molar-refractivity contribution is 5.72. The van der Waals surface area contributed by atoms with Crippen LogP contribution in [-0.4, -0.2) is 80.6 Å². The van der Waals surface area contributed by atoms with Crippen LogP contribution in [0.3, 0.4) is 0 Å². The summed E-state index contributed by atoms with van der Waals surface area (Å²) in [5.74, 6) is -1.52. The van der Waals surface area contributed by atoms with Gasteiger partial charge in [0.1, 0.15) is 6.61 Å². The van der Waals surface area contributed by atoms with Gasteiger partial charge in [-0.25, -0.2) is 4.79 Å². The zero-order valence-electron chi connectivity index (χ0n) is 34.0. The van der Waals surface area contributed by atoms with Crippen molar-refractivity contribution >= 4 is 17.9 Å². The van der Waals surface area contributed by atoms with Crippen molar-refractivity contribution in [2.75, 3.05) is 41.0 Å². The number of quaternary nitrogens is 1. The highest BCUT2D eigenvalue weighted by Crippen LogP contribution is 2.14. The molecule has 0 aromatic carbocycles. The molecule has 2 unspecified atom stereocenters. The molecule has 0 aliphatic heterocycles. The highest BCUT2D eigenvalue weighted by Gasteiger charge is 2.31. The second-order valence-electron chi connectivity index (χ2n) is 14.9. The fourth-order valence-corrected chi connectivity index (χ4v) is 5.79. The molecule has 0 saturated carbocycles. The molecule has 0 aliphatic rings. The Kier molecular flexibility index (Phi) is 33.5. The summed E-state index contributed by atoms with van der Waals surface area (Å²) in [4.78, 5) is 36.9. The van der Waals surface area contributed by atoms with Gasteiger partial charge in [0.15, 0.2) is 12.1 Å². The van der Waals surface area contributed by atoms with E-state index in [4.69, 9.17) is 14.2 Å². The zero-order valence-corrected chi connectivity index (χ0v) is 34.0. The average Bonchev–Trinajstić information content (AvgIpc) is 3.09. The van der Waals surface area contributed by atoms with Gasteiger partial charge in [-0.05, 0) is 51.4 Å². The number of likely N-dealkylation sites (N-methyl/N-ethyl adjacent to an activating group) is 1. The van der Waals surface area contributed by atoms with Gasteiger partial charge >= 0.3 is 17.9 Å². The van der Waals surface area contributed by atoms with E-state index in [9.17, 15) is 19.5 Å². The molecular formula is C44H78NO7+. The Balaban J connectivity index is 4.46. The van der Waals surface area contributed by atoms with E-state index in [2.05, 4.69) is 62.5 Å². The van der Waals surface area contributed by atoms with Gasteiger partial charge in [-0.15, -0.1) is 0 Å². The number of nitrogens with zero attached hydrogens (tertiary/aromatic N) is 1. The van der Waals surface area contributed by atoms with Crippen LogP contribution in [-0.2, 0) is 28.6 Å². The van der Waals surface area contributed by atoms with Gasteiger partial charge in [-0.1, -0.05) is 140 Å². The largest absolute Gasteiger partial charge is 0.477 e. The van der Waals surface area contributed by atoms with Crippen LogP contribution < -0.4 is 0 Å². The highest BCUT2D eigenvalue weighted by atomic mass is 16.6. The van der Waals surface area contributed by atoms with Crippen LogP contribution in [0, 0.1) is 0 Å². The van der Waals surface area contributed by atoms with Crippen molar-refractivity contribution in [3.05, 3.63) is 48.6 Å². The molecule has 0 bridgehead atoms. The number of unbranched alkanes of at least 4 members (excludes halogenated alkanes) is 14. The molecule has 52 heavy (non-hydrogen) atoms. The summed E-state index contributed by atoms with van der Waals surface area (Å²) in [5, 5.41) is 9.60. The van der Waals surface area contributed by atoms with Crippen LogP contribution in [0.15, 0.2) is 48.6 Å². The van der Waals surface area contributed by atoms with Crippen molar-refractivity contribution in [1.29, 1.82) is 0 Å². The molecule has 0 aliphatic carbocycles. The van der Waals surface area contributed by atoms with E-state index in [-0.39, 0.29) is 42.7 Å². The van der Waals surface area contributed by atoms with Gasteiger partial charge in [0, 0.05) is 19.3 Å². The average molecular weight is 733 g/mol. The molecule has 0 heterocycles. The van der Waals surface area contributed by atoms with Crippen LogP contribution in [0.4, 0.5) is 0 Å². The smallest absolute Gasteiger partial charge is 0.362 e. The molecule has 300 valence electrons. The number of esters is 2. The normalized spacial score (nSPS) is 13.5. The lowest BCUT2D eigenvalue weighted by Crippen LogP contribution is -2.50. The summed E-state index contributed by atoms with van der Waals surface area (Å²) in [7, 11) is 5.50. The summed E-state index contributed by atoms with van der Waals surface area (Å²) >= 11 is 0. The van der Waals surface area contributed by atoms with Crippen LogP contribution in [0.1, 0.15) is 162 Å². The molecule has 0 saturated heterocycles. The van der Waals surface area contributed by atoms with Crippen molar-refractivity contribution in [3.63, 3.8) is 0 Å². The summed E-state index contributed by atoms with van der Waals surface area (Å²) in [6.45, 7) is 4.57. The van der Waals surface area contributed by atoms with Crippen LogP contribution in [0.25, 0.3) is 0 Å². The third-order valence-electron chi connectivity index (χ3n) is 8.99. The molecular weight excluding hydrogens is 654 g/mol. The molecule has 1 N–H and O–H groups in total. The maximum absolute atomic E-state index is 12.7. The molecule has 0 radical (unpaired) electrons. The monoisotopic (exact) mass is 733 g/mol. The van der Waals surface area contributed by atoms with Crippen molar-refractivity contribution in [2.24, 2.45) is 0 Å². The molecule has 8 nitrogen and oxygen atoms in total. The van der Waals surface area contributed by atoms with E-state index >= 15 is 0 Å². The standard InChI is InChI=1S/C44H77NO7/c1-6-8-10-12-14-16-18-20-21-23-25-27-29-31-33-35-43(47)52-40(38-50-37-36-41(44(48)49)45(3,4)5)39-51-42(46)34-32-30-28-26-24-22-19-17-15-13-11-9-7-2/h8,10,14,16,20-21,25,27,40-41H,6-7,9,11-13,15,17-19,22-24,26,28-39H2,1-5H3/p+1/b10-8-,16-14-,21-20-,27-25-. The Labute approximate surface area is 318 Å². The maximum atomic E-state index is 12.7. The molecule has 0 amide bonds. The van der Waals surface area contributed by atoms with Crippen LogP contribution >= 0.6 is 0 Å². The van der Waals surface area contributed by atoms with E-state index in [0.29, 0.717) is 19.3 Å². The molecule has 0 aromatic rings. The van der Waals surface area contributed by atoms with E-state index in [1.807, 2.05) is 21.1 Å². The van der Waals surface area contributed by atoms with Crippen molar-refractivity contribution in [1.82, 2.24) is 0 Å². The SMILES string of the molecule is CC/C=C\C/C=C\C/C=C\C/C=C\CCCCC(=O)OC(COCCC(C(=O)O)[N+](C)(C)C)COC(=O)CCCCCCCCCCCCCCC. The van der Waals surface area contributed by atoms with E-state index in [1.165, 1.54) is 64.2 Å². The number of carboxylic acids is 1. The maximum Gasteiger partial charge on any atom is 0.362 e. The minimum absolute atomic E-state index is 0.0448. The first kappa shape index (κ1) is 49.3. The number of aliphatic carboxylic acids is 1. The molecule has 0 aromatic heterocycles. The number of hydrogen-bond donors (Lipinski definition) is 1. The summed E-state index contributed by atoms with van der Waals surface area (Å²) < 4.78 is 17.2. The van der Waals surface area contributed by atoms with Crippen molar-refractivity contribution in [2.45, 2.75) is 174 Å². The quantitative estimate of drug-likeness (QED) is 0.0296. The van der Waals surface area contributed by atoms with Crippen molar-refractivity contribution in [3.8, 4) is 0 Å². The first-order valence-corrected chi connectivity index (χ1v) is 20.7. The number of carbonyl (C=O) groups excluding carboxylic acids is 2. The zero-order chi connectivity index (χ0) is 38.5. The van der Waals surface area contributed by atoms with Gasteiger partial charge in [-0.2, -0.15) is 0 Å². The third kappa shape index (κ3) is 33.1. The van der Waals surface area contributed by atoms with Gasteiger partial charge in [0.25, 0.3) is 0 Å². The number of ether oxygens (including phenoxy) is 3. The Hall–Kier alpha value is -2.71. The summed E-state index contributed by atoms with van der Waals surface area (Å²) in [5.41, 5.74) is 0. The van der Waals surface area contributed by atoms with E-state index < -0.39 is 18.1 Å². The number of hydrogen-bond acceptors (Lipinski definition) is 6. The minimum Gasteiger partial charge on any atom is -0.477 e. The Bertz CT molecular complexity index is 995. The van der Waals surface area contributed by atoms with Crippen LogP contribution in [0.2, 0.25) is 0 Å². The molecule has 8 heteroatoms. The first-order valence-electron chi connectivity index (χ1n) is 20.7. The van der Waals surface area contributed by atoms with E-state index in [0.717, 1.165) is 57.8 Å². The van der Waals surface area contributed by atoms with E-state index in [1.54, 1.807) is 0 Å². The molecule has 0 spiro atoms. The Morgan fingerprint density at radius 1 is 0.596 bits per heavy atom. The number of allylic oxidation sites excluding steroid dienone is 8. The first-order chi connectivity index (χ1) is 25.1. The third-order valence-corrected chi connectivity index (χ3v) is 8.99. The summed E-state index contributed by atoms with van der Waals surface area (Å²) in [6.07, 6.45) is 40.1. The number of carboxylic acid groups (broad SMARTS) is 1. The fraction of sp³-hybridized carbons (Fsp3) is 0.750. The molecule has 2 atom stereocenters. The predicted molar refractivity (Wildman–Crippen MR) is 215 cm³/mol. The number of carbonyl (C=O) groups is 3. The summed E-state index contributed by atoms with van der Waals surface area (Å²) in [6, 6.07) is -0.621.